The summed E-state index contributed by atoms with van der Waals surface area (Å²) in [6, 6.07) is 12.0. The standard InChI is InChI=1S/C20H24FN3O/c1-2-23-11-13-24(14-12-23)20(25)19(15-18-5-3-4-10-22-18)16-6-8-17(21)9-7-16/h3-10,19H,2,11-15H2,1H3. The van der Waals surface area contributed by atoms with Gasteiger partial charge in [-0.15, -0.1) is 0 Å². The summed E-state index contributed by atoms with van der Waals surface area (Å²) < 4.78 is 13.3. The smallest absolute Gasteiger partial charge is 0.230 e. The number of hydrogen-bond acceptors (Lipinski definition) is 3. The van der Waals surface area contributed by atoms with Crippen molar-refractivity contribution >= 4 is 5.91 Å². The largest absolute Gasteiger partial charge is 0.340 e. The van der Waals surface area contributed by atoms with Gasteiger partial charge in [-0.05, 0) is 36.4 Å². The first kappa shape index (κ1) is 17.5. The first-order valence-corrected chi connectivity index (χ1v) is 8.84. The maximum Gasteiger partial charge on any atom is 0.230 e. The molecule has 25 heavy (non-hydrogen) atoms. The van der Waals surface area contributed by atoms with Crippen molar-refractivity contribution in [2.75, 3.05) is 32.7 Å². The molecule has 0 radical (unpaired) electrons. The summed E-state index contributed by atoms with van der Waals surface area (Å²) in [5.74, 6) is -0.513. The number of rotatable bonds is 5. The summed E-state index contributed by atoms with van der Waals surface area (Å²) in [4.78, 5) is 21.8. The van der Waals surface area contributed by atoms with Crippen LogP contribution in [0.15, 0.2) is 48.7 Å². The number of benzene rings is 1. The van der Waals surface area contributed by atoms with Gasteiger partial charge in [0, 0.05) is 44.5 Å². The highest BCUT2D eigenvalue weighted by Crippen LogP contribution is 2.24. The fraction of sp³-hybridized carbons (Fsp3) is 0.400. The van der Waals surface area contributed by atoms with Gasteiger partial charge >= 0.3 is 0 Å². The molecule has 132 valence electrons. The fourth-order valence-electron chi connectivity index (χ4n) is 3.28. The normalized spacial score (nSPS) is 16.6. The molecule has 1 aromatic heterocycles. The lowest BCUT2D eigenvalue weighted by Crippen LogP contribution is -2.50. The zero-order valence-electron chi connectivity index (χ0n) is 14.6. The lowest BCUT2D eigenvalue weighted by Gasteiger charge is -2.36. The molecule has 1 aromatic carbocycles. The van der Waals surface area contributed by atoms with E-state index in [1.807, 2.05) is 23.1 Å². The Labute approximate surface area is 148 Å². The Morgan fingerprint density at radius 2 is 1.84 bits per heavy atom. The molecule has 0 bridgehead atoms. The molecule has 2 aromatic rings. The van der Waals surface area contributed by atoms with Gasteiger partial charge in [-0.1, -0.05) is 25.1 Å². The van der Waals surface area contributed by atoms with Crippen LogP contribution in [0.25, 0.3) is 0 Å². The van der Waals surface area contributed by atoms with Gasteiger partial charge < -0.3 is 9.80 Å². The van der Waals surface area contributed by atoms with Crippen LogP contribution in [-0.4, -0.2) is 53.4 Å². The van der Waals surface area contributed by atoms with Crippen molar-refractivity contribution in [3.63, 3.8) is 0 Å². The van der Waals surface area contributed by atoms with Crippen LogP contribution in [0.4, 0.5) is 4.39 Å². The lowest BCUT2D eigenvalue weighted by atomic mass is 9.92. The molecule has 1 fully saturated rings. The number of amides is 1. The molecule has 3 rings (SSSR count). The maximum absolute atomic E-state index is 13.3. The molecule has 0 aliphatic carbocycles. The van der Waals surface area contributed by atoms with Crippen molar-refractivity contribution < 1.29 is 9.18 Å². The van der Waals surface area contributed by atoms with Crippen molar-refractivity contribution in [1.29, 1.82) is 0 Å². The van der Waals surface area contributed by atoms with Crippen molar-refractivity contribution in [3.05, 3.63) is 65.7 Å². The van der Waals surface area contributed by atoms with Gasteiger partial charge in [0.05, 0.1) is 5.92 Å². The minimum atomic E-state index is -0.330. The topological polar surface area (TPSA) is 36.4 Å². The van der Waals surface area contributed by atoms with E-state index in [1.165, 1.54) is 12.1 Å². The summed E-state index contributed by atoms with van der Waals surface area (Å²) in [6.07, 6.45) is 2.26. The SMILES string of the molecule is CCN1CCN(C(=O)C(Cc2ccccn2)c2ccc(F)cc2)CC1. The van der Waals surface area contributed by atoms with E-state index in [1.54, 1.807) is 18.3 Å². The van der Waals surface area contributed by atoms with Crippen molar-refractivity contribution in [2.24, 2.45) is 0 Å². The second kappa shape index (κ2) is 8.21. The molecule has 0 N–H and O–H groups in total. The number of nitrogens with zero attached hydrogens (tertiary/aromatic N) is 3. The van der Waals surface area contributed by atoms with Crippen LogP contribution in [0.2, 0.25) is 0 Å². The molecule has 1 unspecified atom stereocenters. The van der Waals surface area contributed by atoms with Crippen LogP contribution in [0.3, 0.4) is 0 Å². The Hall–Kier alpha value is -2.27. The molecular formula is C20H24FN3O. The maximum atomic E-state index is 13.3. The molecular weight excluding hydrogens is 317 g/mol. The molecule has 4 nitrogen and oxygen atoms in total. The monoisotopic (exact) mass is 341 g/mol. The number of carbonyl (C=O) groups excluding carboxylic acids is 1. The van der Waals surface area contributed by atoms with E-state index in [-0.39, 0.29) is 17.6 Å². The van der Waals surface area contributed by atoms with E-state index in [0.717, 1.165) is 44.0 Å². The van der Waals surface area contributed by atoms with Crippen molar-refractivity contribution in [1.82, 2.24) is 14.8 Å². The van der Waals surface area contributed by atoms with Crippen LogP contribution < -0.4 is 0 Å². The minimum absolute atomic E-state index is 0.105. The Kier molecular flexibility index (Phi) is 5.76. The van der Waals surface area contributed by atoms with Crippen molar-refractivity contribution in [2.45, 2.75) is 19.3 Å². The summed E-state index contributed by atoms with van der Waals surface area (Å²) in [7, 11) is 0. The van der Waals surface area contributed by atoms with Gasteiger partial charge in [-0.25, -0.2) is 4.39 Å². The first-order chi connectivity index (χ1) is 12.2. The van der Waals surface area contributed by atoms with Crippen LogP contribution in [0.5, 0.6) is 0 Å². The predicted octanol–water partition coefficient (Wildman–Crippen LogP) is 2.71. The second-order valence-corrected chi connectivity index (χ2v) is 6.39. The Morgan fingerprint density at radius 3 is 2.44 bits per heavy atom. The molecule has 5 heteroatoms. The van der Waals surface area contributed by atoms with E-state index in [4.69, 9.17) is 0 Å². The first-order valence-electron chi connectivity index (χ1n) is 8.84. The quantitative estimate of drug-likeness (QED) is 0.839. The Bertz CT molecular complexity index is 682. The summed E-state index contributed by atoms with van der Waals surface area (Å²) in [5, 5.41) is 0. The highest BCUT2D eigenvalue weighted by atomic mass is 19.1. The average molecular weight is 341 g/mol. The molecule has 2 heterocycles. The number of likely N-dealkylation sites (N-methyl/N-ethyl adjacent to an activating group) is 1. The zero-order chi connectivity index (χ0) is 17.6. The number of aromatic nitrogens is 1. The third-order valence-electron chi connectivity index (χ3n) is 4.84. The Balaban J connectivity index is 1.80. The number of hydrogen-bond donors (Lipinski definition) is 0. The van der Waals surface area contributed by atoms with Gasteiger partial charge in [0.25, 0.3) is 0 Å². The zero-order valence-corrected chi connectivity index (χ0v) is 14.6. The third kappa shape index (κ3) is 4.42. The van der Waals surface area contributed by atoms with Gasteiger partial charge in [0.2, 0.25) is 5.91 Å². The molecule has 1 amide bonds. The van der Waals surface area contributed by atoms with E-state index in [0.29, 0.717) is 6.42 Å². The van der Waals surface area contributed by atoms with Crippen LogP contribution in [0.1, 0.15) is 24.1 Å². The Morgan fingerprint density at radius 1 is 1.12 bits per heavy atom. The average Bonchev–Trinajstić information content (AvgIpc) is 2.67. The number of halogens is 1. The molecule has 1 saturated heterocycles. The van der Waals surface area contributed by atoms with E-state index < -0.39 is 0 Å². The fourth-order valence-corrected chi connectivity index (χ4v) is 3.28. The predicted molar refractivity (Wildman–Crippen MR) is 95.8 cm³/mol. The molecule has 1 aliphatic rings. The van der Waals surface area contributed by atoms with Gasteiger partial charge in [-0.3, -0.25) is 9.78 Å². The van der Waals surface area contributed by atoms with Gasteiger partial charge in [0.1, 0.15) is 5.82 Å². The molecule has 1 atom stereocenters. The number of carbonyl (C=O) groups is 1. The van der Waals surface area contributed by atoms with Gasteiger partial charge in [-0.2, -0.15) is 0 Å². The van der Waals surface area contributed by atoms with Crippen LogP contribution in [0, 0.1) is 5.82 Å². The minimum Gasteiger partial charge on any atom is -0.340 e. The second-order valence-electron chi connectivity index (χ2n) is 6.39. The summed E-state index contributed by atoms with van der Waals surface area (Å²) in [5.41, 5.74) is 1.72. The van der Waals surface area contributed by atoms with Crippen molar-refractivity contribution in [3.8, 4) is 0 Å². The van der Waals surface area contributed by atoms with E-state index in [2.05, 4.69) is 16.8 Å². The third-order valence-corrected chi connectivity index (χ3v) is 4.84. The highest BCUT2D eigenvalue weighted by Gasteiger charge is 2.28. The summed E-state index contributed by atoms with van der Waals surface area (Å²) in [6.45, 7) is 6.44. The molecule has 0 spiro atoms. The summed E-state index contributed by atoms with van der Waals surface area (Å²) >= 11 is 0. The molecule has 0 saturated carbocycles. The highest BCUT2D eigenvalue weighted by molar-refractivity contribution is 5.84. The van der Waals surface area contributed by atoms with Crippen LogP contribution >= 0.6 is 0 Å². The lowest BCUT2D eigenvalue weighted by molar-refractivity contribution is -0.134. The molecule has 1 aliphatic heterocycles. The number of piperazine rings is 1. The van der Waals surface area contributed by atoms with E-state index in [9.17, 15) is 9.18 Å². The van der Waals surface area contributed by atoms with Gasteiger partial charge in [0.15, 0.2) is 0 Å². The van der Waals surface area contributed by atoms with Crippen LogP contribution in [-0.2, 0) is 11.2 Å². The van der Waals surface area contributed by atoms with E-state index >= 15 is 0 Å². The number of pyridine rings is 1.